The second kappa shape index (κ2) is 10.3. The molecule has 0 bridgehead atoms. The predicted octanol–water partition coefficient (Wildman–Crippen LogP) is 4.20. The average molecular weight is 433 g/mol. The van der Waals surface area contributed by atoms with Crippen molar-refractivity contribution in [3.63, 3.8) is 0 Å². The molecule has 3 rings (SSSR count). The summed E-state index contributed by atoms with van der Waals surface area (Å²) in [5, 5.41) is 14.9. The molecule has 0 aliphatic heterocycles. The highest BCUT2D eigenvalue weighted by Crippen LogP contribution is 2.23. The predicted molar refractivity (Wildman–Crippen MR) is 126 cm³/mol. The molecule has 7 nitrogen and oxygen atoms in total. The minimum Gasteiger partial charge on any atom is -0.491 e. The van der Waals surface area contributed by atoms with E-state index < -0.39 is 0 Å². The zero-order valence-corrected chi connectivity index (χ0v) is 18.2. The van der Waals surface area contributed by atoms with Crippen molar-refractivity contribution in [3.05, 3.63) is 89.0 Å². The van der Waals surface area contributed by atoms with E-state index in [4.69, 9.17) is 36.5 Å². The molecule has 7 heteroatoms. The molecule has 0 aliphatic rings. The molecule has 0 aromatic heterocycles. The molecule has 32 heavy (non-hydrogen) atoms. The topological polar surface area (TPSA) is 127 Å². The first-order chi connectivity index (χ1) is 15.3. The summed E-state index contributed by atoms with van der Waals surface area (Å²) in [5.41, 5.74) is 14.2. The van der Waals surface area contributed by atoms with Gasteiger partial charge in [0.05, 0.1) is 6.10 Å². The lowest BCUT2D eigenvalue weighted by molar-refractivity contribution is 0.239. The van der Waals surface area contributed by atoms with Crippen molar-refractivity contribution in [1.29, 1.82) is 10.8 Å². The highest BCUT2D eigenvalue weighted by atomic mass is 16.5. The van der Waals surface area contributed by atoms with Crippen LogP contribution in [0.1, 0.15) is 36.1 Å². The summed E-state index contributed by atoms with van der Waals surface area (Å²) in [7, 11) is 0. The quantitative estimate of drug-likeness (QED) is 0.282. The third kappa shape index (κ3) is 6.50. The standard InChI is InChI=1S/C25H28N4O3/c1-16(2)32-23-12-17(14-30-21-7-3-19(4-8-21)24(26)27)11-18(13-23)15-31-22-9-5-20(6-10-22)25(28)29/h3-13,16H,14-15H2,1-2H3,(H3,26,27)(H3,28,29). The molecule has 6 N–H and O–H groups in total. The number of rotatable bonds is 10. The number of amidine groups is 2. The lowest BCUT2D eigenvalue weighted by Gasteiger charge is -2.15. The van der Waals surface area contributed by atoms with E-state index in [2.05, 4.69) is 0 Å². The Morgan fingerprint density at radius 1 is 0.688 bits per heavy atom. The first-order valence-electron chi connectivity index (χ1n) is 10.2. The molecule has 0 heterocycles. The van der Waals surface area contributed by atoms with Gasteiger partial charge in [0.1, 0.15) is 42.1 Å². The maximum Gasteiger partial charge on any atom is 0.122 e. The van der Waals surface area contributed by atoms with Crippen LogP contribution in [0.15, 0.2) is 66.7 Å². The molecule has 0 atom stereocenters. The summed E-state index contributed by atoms with van der Waals surface area (Å²) in [6, 6.07) is 20.1. The highest BCUT2D eigenvalue weighted by molar-refractivity contribution is 5.95. The zero-order valence-electron chi connectivity index (χ0n) is 18.2. The fraction of sp³-hybridized carbons (Fsp3) is 0.200. The van der Waals surface area contributed by atoms with E-state index in [9.17, 15) is 0 Å². The van der Waals surface area contributed by atoms with Crippen LogP contribution >= 0.6 is 0 Å². The molecule has 3 aromatic carbocycles. The maximum atomic E-state index is 7.47. The van der Waals surface area contributed by atoms with Crippen molar-refractivity contribution in [2.24, 2.45) is 11.5 Å². The summed E-state index contributed by atoms with van der Waals surface area (Å²) in [4.78, 5) is 0. The fourth-order valence-corrected chi connectivity index (χ4v) is 3.03. The van der Waals surface area contributed by atoms with Crippen LogP contribution in [-0.4, -0.2) is 17.8 Å². The molecular weight excluding hydrogens is 404 g/mol. The monoisotopic (exact) mass is 432 g/mol. The molecule has 0 aliphatic carbocycles. The molecule has 3 aromatic rings. The molecule has 0 radical (unpaired) electrons. The SMILES string of the molecule is CC(C)Oc1cc(COc2ccc(C(=N)N)cc2)cc(COc2ccc(C(=N)N)cc2)c1. The summed E-state index contributed by atoms with van der Waals surface area (Å²) in [5.74, 6) is 2.17. The highest BCUT2D eigenvalue weighted by Gasteiger charge is 2.07. The number of nitrogens with two attached hydrogens (primary N) is 2. The number of ether oxygens (including phenoxy) is 3. The summed E-state index contributed by atoms with van der Waals surface area (Å²) >= 11 is 0. The van der Waals surface area contributed by atoms with Crippen molar-refractivity contribution < 1.29 is 14.2 Å². The minimum absolute atomic E-state index is 0.0238. The number of nitrogen functional groups attached to an aromatic ring is 2. The molecule has 166 valence electrons. The maximum absolute atomic E-state index is 7.47. The van der Waals surface area contributed by atoms with Gasteiger partial charge < -0.3 is 25.7 Å². The van der Waals surface area contributed by atoms with Crippen LogP contribution in [0.3, 0.4) is 0 Å². The van der Waals surface area contributed by atoms with Gasteiger partial charge in [0.15, 0.2) is 0 Å². The third-order valence-electron chi connectivity index (χ3n) is 4.54. The van der Waals surface area contributed by atoms with Gasteiger partial charge in [-0.1, -0.05) is 0 Å². The van der Waals surface area contributed by atoms with Gasteiger partial charge in [-0.15, -0.1) is 0 Å². The molecule has 0 saturated heterocycles. The van der Waals surface area contributed by atoms with Crippen LogP contribution in [0, 0.1) is 10.8 Å². The summed E-state index contributed by atoms with van der Waals surface area (Å²) in [6.45, 7) is 4.67. The van der Waals surface area contributed by atoms with E-state index in [0.29, 0.717) is 35.8 Å². The van der Waals surface area contributed by atoms with Gasteiger partial charge in [-0.2, -0.15) is 0 Å². The van der Waals surface area contributed by atoms with Crippen molar-refractivity contribution in [2.45, 2.75) is 33.2 Å². The molecule has 0 spiro atoms. The van der Waals surface area contributed by atoms with E-state index >= 15 is 0 Å². The summed E-state index contributed by atoms with van der Waals surface area (Å²) in [6.07, 6.45) is 0.0400. The van der Waals surface area contributed by atoms with Crippen LogP contribution in [0.2, 0.25) is 0 Å². The van der Waals surface area contributed by atoms with Gasteiger partial charge in [0, 0.05) is 11.1 Å². The number of hydrogen-bond donors (Lipinski definition) is 4. The molecule has 0 amide bonds. The Hall–Kier alpha value is -4.00. The van der Waals surface area contributed by atoms with E-state index in [1.54, 1.807) is 48.5 Å². The van der Waals surface area contributed by atoms with Gasteiger partial charge in [-0.3, -0.25) is 10.8 Å². The third-order valence-corrected chi connectivity index (χ3v) is 4.54. The van der Waals surface area contributed by atoms with E-state index in [-0.39, 0.29) is 17.8 Å². The van der Waals surface area contributed by atoms with Crippen LogP contribution < -0.4 is 25.7 Å². The van der Waals surface area contributed by atoms with Crippen molar-refractivity contribution in [1.82, 2.24) is 0 Å². The van der Waals surface area contributed by atoms with Gasteiger partial charge >= 0.3 is 0 Å². The van der Waals surface area contributed by atoms with E-state index in [1.807, 2.05) is 32.0 Å². The van der Waals surface area contributed by atoms with Crippen LogP contribution in [0.5, 0.6) is 17.2 Å². The second-order valence-electron chi connectivity index (χ2n) is 7.61. The largest absolute Gasteiger partial charge is 0.491 e. The van der Waals surface area contributed by atoms with Gasteiger partial charge in [0.25, 0.3) is 0 Å². The van der Waals surface area contributed by atoms with Crippen LogP contribution in [-0.2, 0) is 13.2 Å². The van der Waals surface area contributed by atoms with Gasteiger partial charge in [0.2, 0.25) is 0 Å². The van der Waals surface area contributed by atoms with Crippen LogP contribution in [0.25, 0.3) is 0 Å². The zero-order chi connectivity index (χ0) is 23.1. The summed E-state index contributed by atoms with van der Waals surface area (Å²) < 4.78 is 17.7. The van der Waals surface area contributed by atoms with Crippen molar-refractivity contribution in [2.75, 3.05) is 0 Å². The molecule has 0 unspecified atom stereocenters. The smallest absolute Gasteiger partial charge is 0.122 e. The van der Waals surface area contributed by atoms with E-state index in [0.717, 1.165) is 16.9 Å². The normalized spacial score (nSPS) is 10.6. The molecule has 0 saturated carbocycles. The lowest BCUT2D eigenvalue weighted by atomic mass is 10.1. The number of benzene rings is 3. The first-order valence-corrected chi connectivity index (χ1v) is 10.2. The molecule has 0 fully saturated rings. The fourth-order valence-electron chi connectivity index (χ4n) is 3.03. The Morgan fingerprint density at radius 2 is 1.09 bits per heavy atom. The first kappa shape index (κ1) is 22.7. The minimum atomic E-state index is 0.0238. The lowest BCUT2D eigenvalue weighted by Crippen LogP contribution is -2.10. The van der Waals surface area contributed by atoms with Crippen molar-refractivity contribution >= 4 is 11.7 Å². The Kier molecular flexibility index (Phi) is 7.33. The Morgan fingerprint density at radius 3 is 1.44 bits per heavy atom. The average Bonchev–Trinajstić information content (AvgIpc) is 2.76. The van der Waals surface area contributed by atoms with Gasteiger partial charge in [-0.05, 0) is 91.7 Å². The Bertz CT molecular complexity index is 998. The number of hydrogen-bond acceptors (Lipinski definition) is 5. The number of nitrogens with one attached hydrogen (secondary N) is 2. The molecular formula is C25H28N4O3. The van der Waals surface area contributed by atoms with Crippen LogP contribution in [0.4, 0.5) is 0 Å². The second-order valence-corrected chi connectivity index (χ2v) is 7.61. The Balaban J connectivity index is 1.70. The van der Waals surface area contributed by atoms with Crippen molar-refractivity contribution in [3.8, 4) is 17.2 Å². The Labute approximate surface area is 187 Å². The van der Waals surface area contributed by atoms with Gasteiger partial charge in [-0.25, -0.2) is 0 Å². The van der Waals surface area contributed by atoms with E-state index in [1.165, 1.54) is 0 Å².